The molecule has 0 saturated carbocycles. The summed E-state index contributed by atoms with van der Waals surface area (Å²) in [7, 11) is 0. The van der Waals surface area contributed by atoms with E-state index in [4.69, 9.17) is 0 Å². The Balaban J connectivity index is 1.65. The second-order valence-electron chi connectivity index (χ2n) is 8.80. The van der Waals surface area contributed by atoms with Crippen molar-refractivity contribution in [1.29, 1.82) is 0 Å². The third-order valence-electron chi connectivity index (χ3n) is 6.98. The van der Waals surface area contributed by atoms with Crippen molar-refractivity contribution in [3.63, 3.8) is 0 Å². The molecule has 1 fully saturated rings. The number of fused-ring (bicyclic) bond motifs is 4. The van der Waals surface area contributed by atoms with Gasteiger partial charge in [-0.15, -0.1) is 11.8 Å². The van der Waals surface area contributed by atoms with E-state index < -0.39 is 34.8 Å². The summed E-state index contributed by atoms with van der Waals surface area (Å²) >= 11 is 1.44. The lowest BCUT2D eigenvalue weighted by Gasteiger charge is -2.37. The number of pyridine rings is 1. The number of nitrogens with zero attached hydrogens (tertiary/aromatic N) is 3. The lowest BCUT2D eigenvalue weighted by molar-refractivity contribution is 0.0741. The van der Waals surface area contributed by atoms with Gasteiger partial charge in [0.2, 0.25) is 5.43 Å². The van der Waals surface area contributed by atoms with Gasteiger partial charge in [0.05, 0.1) is 18.6 Å². The fourth-order valence-corrected chi connectivity index (χ4v) is 6.49. The molecular weight excluding hydrogens is 460 g/mol. The van der Waals surface area contributed by atoms with Crippen LogP contribution in [0.25, 0.3) is 0 Å². The molecule has 3 aromatic rings. The van der Waals surface area contributed by atoms with Crippen molar-refractivity contribution in [3.05, 3.63) is 92.9 Å². The van der Waals surface area contributed by atoms with Gasteiger partial charge in [-0.3, -0.25) is 19.3 Å². The SMILES string of the molecule is O=C1c2c(O)c(=O)ccn2N([C@@H]2c3ccccc3SCc3c2ccc(F)c3F)C[C@H]2CCCN12. The van der Waals surface area contributed by atoms with Gasteiger partial charge in [-0.25, -0.2) is 8.78 Å². The van der Waals surface area contributed by atoms with E-state index in [2.05, 4.69) is 0 Å². The third-order valence-corrected chi connectivity index (χ3v) is 8.10. The molecular formula is C25H21F2N3O3S. The van der Waals surface area contributed by atoms with Crippen LogP contribution in [0.3, 0.4) is 0 Å². The van der Waals surface area contributed by atoms with Crippen molar-refractivity contribution in [2.45, 2.75) is 35.6 Å². The zero-order valence-corrected chi connectivity index (χ0v) is 18.9. The number of benzene rings is 2. The Morgan fingerprint density at radius 1 is 1.03 bits per heavy atom. The van der Waals surface area contributed by atoms with Gasteiger partial charge in [-0.05, 0) is 36.1 Å². The summed E-state index contributed by atoms with van der Waals surface area (Å²) in [6.07, 6.45) is 3.07. The van der Waals surface area contributed by atoms with Crippen LogP contribution in [0.4, 0.5) is 8.78 Å². The van der Waals surface area contributed by atoms with Crippen molar-refractivity contribution in [3.8, 4) is 5.75 Å². The van der Waals surface area contributed by atoms with Crippen molar-refractivity contribution >= 4 is 17.7 Å². The van der Waals surface area contributed by atoms with Crippen LogP contribution in [0.1, 0.15) is 46.1 Å². The Labute approximate surface area is 198 Å². The maximum absolute atomic E-state index is 15.0. The van der Waals surface area contributed by atoms with Gasteiger partial charge in [0.25, 0.3) is 5.91 Å². The zero-order valence-electron chi connectivity index (χ0n) is 18.1. The maximum Gasteiger partial charge on any atom is 0.276 e. The smallest absolute Gasteiger partial charge is 0.276 e. The van der Waals surface area contributed by atoms with Crippen LogP contribution in [0.5, 0.6) is 5.75 Å². The number of aromatic hydroxyl groups is 1. The molecule has 0 spiro atoms. The van der Waals surface area contributed by atoms with Crippen molar-refractivity contribution < 1.29 is 18.7 Å². The Hall–Kier alpha value is -3.33. The lowest BCUT2D eigenvalue weighted by Crippen LogP contribution is -2.45. The highest BCUT2D eigenvalue weighted by Crippen LogP contribution is 2.44. The van der Waals surface area contributed by atoms with Gasteiger partial charge in [0.1, 0.15) is 0 Å². The minimum atomic E-state index is -0.904. The summed E-state index contributed by atoms with van der Waals surface area (Å²) in [5.41, 5.74) is 1.02. The summed E-state index contributed by atoms with van der Waals surface area (Å²) in [5.74, 6) is -2.52. The van der Waals surface area contributed by atoms with E-state index in [9.17, 15) is 19.1 Å². The van der Waals surface area contributed by atoms with Crippen LogP contribution in [0.2, 0.25) is 0 Å². The van der Waals surface area contributed by atoms with Crippen LogP contribution in [-0.2, 0) is 5.75 Å². The van der Waals surface area contributed by atoms with E-state index in [1.807, 2.05) is 29.3 Å². The third kappa shape index (κ3) is 3.06. The second-order valence-corrected chi connectivity index (χ2v) is 9.81. The average molecular weight is 482 g/mol. The van der Waals surface area contributed by atoms with Crippen molar-refractivity contribution in [2.75, 3.05) is 18.1 Å². The topological polar surface area (TPSA) is 65.8 Å². The first-order valence-electron chi connectivity index (χ1n) is 11.2. The number of amides is 1. The first-order chi connectivity index (χ1) is 16.5. The highest BCUT2D eigenvalue weighted by Gasteiger charge is 2.42. The van der Waals surface area contributed by atoms with E-state index in [1.54, 1.807) is 11.0 Å². The molecule has 1 amide bonds. The van der Waals surface area contributed by atoms with E-state index in [0.717, 1.165) is 29.4 Å². The molecule has 6 nitrogen and oxygen atoms in total. The normalized spacial score (nSPS) is 21.3. The van der Waals surface area contributed by atoms with Gasteiger partial charge >= 0.3 is 0 Å². The second kappa shape index (κ2) is 7.87. The van der Waals surface area contributed by atoms with Gasteiger partial charge in [0.15, 0.2) is 23.1 Å². The summed E-state index contributed by atoms with van der Waals surface area (Å²) in [6, 6.07) is 10.9. The van der Waals surface area contributed by atoms with Crippen molar-refractivity contribution in [1.82, 2.24) is 9.58 Å². The van der Waals surface area contributed by atoms with E-state index in [-0.39, 0.29) is 23.1 Å². The van der Waals surface area contributed by atoms with Crippen LogP contribution in [0.15, 0.2) is 58.4 Å². The Morgan fingerprint density at radius 3 is 2.71 bits per heavy atom. The number of thioether (sulfide) groups is 1. The van der Waals surface area contributed by atoms with Crippen LogP contribution in [-0.4, -0.2) is 39.7 Å². The maximum atomic E-state index is 15.0. The molecule has 0 radical (unpaired) electrons. The summed E-state index contributed by atoms with van der Waals surface area (Å²) in [4.78, 5) is 28.4. The van der Waals surface area contributed by atoms with Crippen molar-refractivity contribution in [2.24, 2.45) is 0 Å². The number of carbonyl (C=O) groups excluding carboxylic acids is 1. The number of rotatable bonds is 1. The Bertz CT molecular complexity index is 1390. The Morgan fingerprint density at radius 2 is 1.85 bits per heavy atom. The Kier molecular flexibility index (Phi) is 4.91. The molecule has 2 aromatic carbocycles. The molecule has 0 bridgehead atoms. The van der Waals surface area contributed by atoms with Crippen LogP contribution >= 0.6 is 11.8 Å². The minimum absolute atomic E-state index is 0.101. The molecule has 34 heavy (non-hydrogen) atoms. The average Bonchev–Trinajstić information content (AvgIpc) is 3.18. The molecule has 3 aliphatic heterocycles. The first-order valence-corrected chi connectivity index (χ1v) is 12.1. The molecule has 174 valence electrons. The fourth-order valence-electron chi connectivity index (χ4n) is 5.38. The molecule has 0 aliphatic carbocycles. The number of carbonyl (C=O) groups is 1. The van der Waals surface area contributed by atoms with Crippen LogP contribution < -0.4 is 10.4 Å². The van der Waals surface area contributed by atoms with E-state index >= 15 is 4.39 Å². The fraction of sp³-hybridized carbons (Fsp3) is 0.280. The summed E-state index contributed by atoms with van der Waals surface area (Å²) in [6.45, 7) is 0.941. The standard InChI is InChI=1S/C25H21F2N3O3S/c26-18-8-7-15-17(21(18)27)13-34-20-6-2-1-5-16(20)22(15)30-12-14-4-3-10-28(14)25(33)23-24(32)19(31)9-11-29(23)30/h1-2,5-9,11,14,22,32H,3-4,10,12-13H2/t14-,22+/m1/s1. The first kappa shape index (κ1) is 21.2. The number of hydrogen-bond donors (Lipinski definition) is 1. The van der Waals surface area contributed by atoms with Gasteiger partial charge < -0.3 is 10.0 Å². The zero-order chi connectivity index (χ0) is 23.6. The predicted molar refractivity (Wildman–Crippen MR) is 124 cm³/mol. The van der Waals surface area contributed by atoms with Crippen LogP contribution in [0, 0.1) is 11.6 Å². The highest BCUT2D eigenvalue weighted by atomic mass is 32.2. The van der Waals surface area contributed by atoms with E-state index in [1.165, 1.54) is 28.7 Å². The molecule has 0 unspecified atom stereocenters. The largest absolute Gasteiger partial charge is 0.502 e. The number of aromatic nitrogens is 1. The molecule has 1 N–H and O–H groups in total. The highest BCUT2D eigenvalue weighted by molar-refractivity contribution is 7.98. The molecule has 2 atom stereocenters. The van der Waals surface area contributed by atoms with Gasteiger partial charge in [-0.2, -0.15) is 0 Å². The molecule has 3 aliphatic rings. The van der Waals surface area contributed by atoms with Gasteiger partial charge in [-0.1, -0.05) is 24.3 Å². The summed E-state index contributed by atoms with van der Waals surface area (Å²) in [5, 5.41) is 12.6. The molecule has 9 heteroatoms. The predicted octanol–water partition coefficient (Wildman–Crippen LogP) is 3.78. The molecule has 6 rings (SSSR count). The monoisotopic (exact) mass is 481 g/mol. The minimum Gasteiger partial charge on any atom is -0.502 e. The summed E-state index contributed by atoms with van der Waals surface area (Å²) < 4.78 is 30.8. The molecule has 4 heterocycles. The quantitative estimate of drug-likeness (QED) is 0.573. The molecule has 1 aromatic heterocycles. The number of halogens is 2. The number of hydrogen-bond acceptors (Lipinski definition) is 5. The molecule has 1 saturated heterocycles. The van der Waals surface area contributed by atoms with Gasteiger partial charge in [0, 0.05) is 35.0 Å². The lowest BCUT2D eigenvalue weighted by atomic mass is 9.93. The van der Waals surface area contributed by atoms with E-state index in [0.29, 0.717) is 18.7 Å².